The molecule has 0 saturated heterocycles. The largest absolute Gasteiger partial charge is 0.453 e. The molecule has 0 fully saturated rings. The van der Waals surface area contributed by atoms with E-state index in [9.17, 15) is 0 Å². The number of fused-ring (bicyclic) bond motifs is 3. The van der Waals surface area contributed by atoms with Gasteiger partial charge in [0, 0.05) is 23.3 Å². The quantitative estimate of drug-likeness (QED) is 0.511. The fourth-order valence-corrected chi connectivity index (χ4v) is 2.88. The molecule has 0 aliphatic heterocycles. The van der Waals surface area contributed by atoms with E-state index in [1.54, 1.807) is 6.20 Å². The molecule has 22 heavy (non-hydrogen) atoms. The van der Waals surface area contributed by atoms with Gasteiger partial charge in [-0.25, -0.2) is 0 Å². The fraction of sp³-hybridized carbons (Fsp3) is 0.158. The van der Waals surface area contributed by atoms with Gasteiger partial charge in [-0.15, -0.1) is 0 Å². The maximum atomic E-state index is 6.23. The van der Waals surface area contributed by atoms with Gasteiger partial charge in [-0.05, 0) is 35.7 Å². The van der Waals surface area contributed by atoms with Crippen molar-refractivity contribution >= 4 is 22.1 Å². The highest BCUT2D eigenvalue weighted by Gasteiger charge is 2.16. The van der Waals surface area contributed by atoms with Crippen LogP contribution in [0.5, 0.6) is 0 Å². The number of benzene rings is 1. The van der Waals surface area contributed by atoms with Crippen molar-refractivity contribution in [3.05, 3.63) is 60.4 Å². The molecule has 3 heteroatoms. The summed E-state index contributed by atoms with van der Waals surface area (Å²) >= 11 is 0. The van der Waals surface area contributed by atoms with E-state index < -0.39 is 0 Å². The second-order valence-electron chi connectivity index (χ2n) is 5.73. The van der Waals surface area contributed by atoms with Crippen molar-refractivity contribution in [2.75, 3.05) is 0 Å². The first-order chi connectivity index (χ1) is 10.8. The second kappa shape index (κ2) is 4.95. The maximum Gasteiger partial charge on any atom is 0.163 e. The van der Waals surface area contributed by atoms with Crippen molar-refractivity contribution in [1.82, 2.24) is 9.97 Å². The SMILES string of the molecule is CC(C)c1cccc2c1oc1c(-c3ccccn3)ccnc12. The standard InChI is InChI=1S/C19H16N2O/c1-12(2)13-6-5-7-15-17-19(22-18(13)15)14(9-11-21-17)16-8-3-4-10-20-16/h3-12H,1-2H3. The number of rotatable bonds is 2. The van der Waals surface area contributed by atoms with E-state index in [0.717, 1.165) is 33.3 Å². The Morgan fingerprint density at radius 2 is 1.77 bits per heavy atom. The van der Waals surface area contributed by atoms with Gasteiger partial charge in [0.15, 0.2) is 5.58 Å². The molecule has 0 aliphatic rings. The van der Waals surface area contributed by atoms with Crippen LogP contribution in [0.3, 0.4) is 0 Å². The van der Waals surface area contributed by atoms with Gasteiger partial charge < -0.3 is 4.42 Å². The summed E-state index contributed by atoms with van der Waals surface area (Å²) in [5.74, 6) is 0.405. The molecule has 0 amide bonds. The lowest BCUT2D eigenvalue weighted by atomic mass is 10.0. The van der Waals surface area contributed by atoms with Gasteiger partial charge in [0.05, 0.1) is 5.69 Å². The highest BCUT2D eigenvalue weighted by Crippen LogP contribution is 2.36. The Morgan fingerprint density at radius 1 is 0.864 bits per heavy atom. The minimum atomic E-state index is 0.405. The van der Waals surface area contributed by atoms with Gasteiger partial charge in [0.2, 0.25) is 0 Å². The summed E-state index contributed by atoms with van der Waals surface area (Å²) in [6.07, 6.45) is 3.62. The zero-order valence-electron chi connectivity index (χ0n) is 12.6. The molecule has 108 valence electrons. The third-order valence-corrected chi connectivity index (χ3v) is 3.97. The molecule has 0 spiro atoms. The molecule has 3 heterocycles. The van der Waals surface area contributed by atoms with Crippen LogP contribution in [0.25, 0.3) is 33.3 Å². The van der Waals surface area contributed by atoms with Crippen molar-refractivity contribution in [1.29, 1.82) is 0 Å². The molecular weight excluding hydrogens is 272 g/mol. The Kier molecular flexibility index (Phi) is 2.93. The van der Waals surface area contributed by atoms with Gasteiger partial charge in [0.25, 0.3) is 0 Å². The Morgan fingerprint density at radius 3 is 2.55 bits per heavy atom. The molecule has 0 bridgehead atoms. The maximum absolute atomic E-state index is 6.23. The van der Waals surface area contributed by atoms with E-state index in [1.807, 2.05) is 30.5 Å². The Balaban J connectivity index is 2.10. The van der Waals surface area contributed by atoms with Crippen LogP contribution >= 0.6 is 0 Å². The van der Waals surface area contributed by atoms with Crippen molar-refractivity contribution in [3.8, 4) is 11.3 Å². The first kappa shape index (κ1) is 13.0. The third kappa shape index (κ3) is 1.90. The number of aromatic nitrogens is 2. The molecule has 1 aromatic carbocycles. The van der Waals surface area contributed by atoms with Crippen molar-refractivity contribution in [3.63, 3.8) is 0 Å². The summed E-state index contributed by atoms with van der Waals surface area (Å²) in [5, 5.41) is 1.07. The minimum absolute atomic E-state index is 0.405. The minimum Gasteiger partial charge on any atom is -0.453 e. The second-order valence-corrected chi connectivity index (χ2v) is 5.73. The van der Waals surface area contributed by atoms with Crippen LogP contribution in [0, 0.1) is 0 Å². The third-order valence-electron chi connectivity index (χ3n) is 3.97. The lowest BCUT2D eigenvalue weighted by molar-refractivity contribution is 0.657. The van der Waals surface area contributed by atoms with Crippen LogP contribution in [-0.2, 0) is 0 Å². The van der Waals surface area contributed by atoms with Gasteiger partial charge in [-0.1, -0.05) is 32.0 Å². The topological polar surface area (TPSA) is 38.9 Å². The zero-order valence-corrected chi connectivity index (χ0v) is 12.6. The fourth-order valence-electron chi connectivity index (χ4n) is 2.88. The normalized spacial score (nSPS) is 11.6. The molecule has 4 rings (SSSR count). The van der Waals surface area contributed by atoms with Gasteiger partial charge in [-0.3, -0.25) is 9.97 Å². The predicted octanol–water partition coefficient (Wildman–Crippen LogP) is 5.17. The van der Waals surface area contributed by atoms with Crippen LogP contribution in [-0.4, -0.2) is 9.97 Å². The van der Waals surface area contributed by atoms with E-state index in [0.29, 0.717) is 5.92 Å². The molecule has 4 aromatic rings. The number of furan rings is 1. The van der Waals surface area contributed by atoms with E-state index >= 15 is 0 Å². The average molecular weight is 288 g/mol. The summed E-state index contributed by atoms with van der Waals surface area (Å²) in [6, 6.07) is 14.1. The molecule has 0 N–H and O–H groups in total. The Hall–Kier alpha value is -2.68. The van der Waals surface area contributed by atoms with Gasteiger partial charge >= 0.3 is 0 Å². The van der Waals surface area contributed by atoms with E-state index in [1.165, 1.54) is 5.56 Å². The Labute approximate surface area is 128 Å². The smallest absolute Gasteiger partial charge is 0.163 e. The number of hydrogen-bond donors (Lipinski definition) is 0. The molecule has 3 aromatic heterocycles. The lowest BCUT2D eigenvalue weighted by Gasteiger charge is -2.04. The molecule has 0 atom stereocenters. The lowest BCUT2D eigenvalue weighted by Crippen LogP contribution is -1.86. The molecular formula is C19H16N2O. The summed E-state index contributed by atoms with van der Waals surface area (Å²) in [4.78, 5) is 8.97. The summed E-state index contributed by atoms with van der Waals surface area (Å²) in [7, 11) is 0. The number of nitrogens with zero attached hydrogens (tertiary/aromatic N) is 2. The molecule has 0 aliphatic carbocycles. The van der Waals surface area contributed by atoms with Crippen LogP contribution in [0.15, 0.2) is 59.3 Å². The van der Waals surface area contributed by atoms with Crippen molar-refractivity contribution in [2.24, 2.45) is 0 Å². The first-order valence-corrected chi connectivity index (χ1v) is 7.47. The first-order valence-electron chi connectivity index (χ1n) is 7.47. The highest BCUT2D eigenvalue weighted by atomic mass is 16.3. The van der Waals surface area contributed by atoms with E-state index in [2.05, 4.69) is 42.0 Å². The van der Waals surface area contributed by atoms with Crippen molar-refractivity contribution < 1.29 is 4.42 Å². The molecule has 0 unspecified atom stereocenters. The number of pyridine rings is 2. The predicted molar refractivity (Wildman–Crippen MR) is 88.8 cm³/mol. The molecule has 3 nitrogen and oxygen atoms in total. The Bertz CT molecular complexity index is 955. The zero-order chi connectivity index (χ0) is 15.1. The molecule has 0 radical (unpaired) electrons. The van der Waals surface area contributed by atoms with Gasteiger partial charge in [0.1, 0.15) is 11.1 Å². The van der Waals surface area contributed by atoms with Crippen LogP contribution < -0.4 is 0 Å². The van der Waals surface area contributed by atoms with E-state index in [4.69, 9.17) is 4.42 Å². The molecule has 0 saturated carbocycles. The van der Waals surface area contributed by atoms with Crippen LogP contribution in [0.4, 0.5) is 0 Å². The average Bonchev–Trinajstić information content (AvgIpc) is 2.94. The van der Waals surface area contributed by atoms with Crippen LogP contribution in [0.2, 0.25) is 0 Å². The summed E-state index contributed by atoms with van der Waals surface area (Å²) in [5.41, 5.74) is 5.74. The summed E-state index contributed by atoms with van der Waals surface area (Å²) in [6.45, 7) is 4.35. The number of hydrogen-bond acceptors (Lipinski definition) is 3. The monoisotopic (exact) mass is 288 g/mol. The van der Waals surface area contributed by atoms with Gasteiger partial charge in [-0.2, -0.15) is 0 Å². The summed E-state index contributed by atoms with van der Waals surface area (Å²) < 4.78 is 6.23. The van der Waals surface area contributed by atoms with Crippen LogP contribution in [0.1, 0.15) is 25.3 Å². The number of para-hydroxylation sites is 1. The van der Waals surface area contributed by atoms with E-state index in [-0.39, 0.29) is 0 Å². The van der Waals surface area contributed by atoms with Crippen molar-refractivity contribution in [2.45, 2.75) is 19.8 Å². The highest BCUT2D eigenvalue weighted by molar-refractivity contribution is 6.07.